The quantitative estimate of drug-likeness (QED) is 0.532. The van der Waals surface area contributed by atoms with Gasteiger partial charge in [0.25, 0.3) is 0 Å². The average molecular weight is 192 g/mol. The molecule has 0 aliphatic heterocycles. The Kier molecular flexibility index (Phi) is 3.29. The largest absolute Gasteiger partial charge is 0.456 e. The Labute approximate surface area is 82.7 Å². The molecular weight excluding hydrogens is 180 g/mol. The van der Waals surface area contributed by atoms with Crippen LogP contribution < -0.4 is 0 Å². The molecule has 1 rings (SSSR count). The lowest BCUT2D eigenvalue weighted by atomic mass is 10.2. The summed E-state index contributed by atoms with van der Waals surface area (Å²) in [7, 11) is 0. The first-order valence-electron chi connectivity index (χ1n) is 4.35. The van der Waals surface area contributed by atoms with Crippen molar-refractivity contribution in [1.82, 2.24) is 10.2 Å². The maximum Gasteiger partial charge on any atom is 0.384 e. The Balaban J connectivity index is 2.82. The fraction of sp³-hybridized carbons (Fsp3) is 0.400. The van der Waals surface area contributed by atoms with Gasteiger partial charge < -0.3 is 4.74 Å². The van der Waals surface area contributed by atoms with Gasteiger partial charge in [0.15, 0.2) is 0 Å². The first-order valence-corrected chi connectivity index (χ1v) is 4.35. The topological polar surface area (TPSA) is 55.0 Å². The zero-order valence-electron chi connectivity index (χ0n) is 8.47. The van der Waals surface area contributed by atoms with Crippen molar-refractivity contribution in [3.05, 3.63) is 17.0 Å². The van der Waals surface area contributed by atoms with Crippen LogP contribution >= 0.6 is 0 Å². The zero-order chi connectivity index (χ0) is 10.6. The number of carbonyl (C=O) groups excluding carboxylic acids is 1. The van der Waals surface area contributed by atoms with Crippen molar-refractivity contribution in [2.24, 2.45) is 0 Å². The van der Waals surface area contributed by atoms with Crippen LogP contribution in [0.2, 0.25) is 0 Å². The van der Waals surface area contributed by atoms with Crippen molar-refractivity contribution in [2.45, 2.75) is 20.8 Å². The molecule has 1 N–H and O–H groups in total. The number of aromatic nitrogens is 2. The zero-order valence-corrected chi connectivity index (χ0v) is 8.47. The maximum absolute atomic E-state index is 10.9. The predicted molar refractivity (Wildman–Crippen MR) is 51.6 cm³/mol. The summed E-state index contributed by atoms with van der Waals surface area (Å²) in [5.74, 6) is 4.62. The highest BCUT2D eigenvalue weighted by atomic mass is 16.5. The second kappa shape index (κ2) is 4.47. The number of hydrogen-bond acceptors (Lipinski definition) is 3. The van der Waals surface area contributed by atoms with Gasteiger partial charge in [-0.1, -0.05) is 5.92 Å². The van der Waals surface area contributed by atoms with Gasteiger partial charge in [0.2, 0.25) is 0 Å². The Morgan fingerprint density at radius 1 is 1.57 bits per heavy atom. The highest BCUT2D eigenvalue weighted by Gasteiger charge is 2.02. The number of nitrogens with zero attached hydrogens (tertiary/aromatic N) is 1. The molecule has 0 aliphatic rings. The number of hydrogen-bond donors (Lipinski definition) is 1. The molecule has 0 aliphatic carbocycles. The Morgan fingerprint density at radius 2 is 2.29 bits per heavy atom. The molecule has 0 unspecified atom stereocenters. The Morgan fingerprint density at radius 3 is 2.79 bits per heavy atom. The number of esters is 1. The molecule has 14 heavy (non-hydrogen) atoms. The van der Waals surface area contributed by atoms with Gasteiger partial charge in [-0.05, 0) is 20.8 Å². The highest BCUT2D eigenvalue weighted by molar-refractivity contribution is 5.89. The molecule has 0 saturated carbocycles. The minimum atomic E-state index is -0.507. The number of ether oxygens (including phenoxy) is 1. The van der Waals surface area contributed by atoms with E-state index in [0.29, 0.717) is 6.61 Å². The standard InChI is InChI=1S/C10H12N2O2/c1-4-14-10(13)6-5-9-7(2)11-12-8(9)3/h4H2,1-3H3,(H,11,12). The molecule has 0 bridgehead atoms. The first kappa shape index (κ1) is 10.3. The lowest BCUT2D eigenvalue weighted by Gasteiger charge is -1.91. The van der Waals surface area contributed by atoms with Gasteiger partial charge in [0.1, 0.15) is 0 Å². The van der Waals surface area contributed by atoms with Crippen LogP contribution in [-0.2, 0) is 9.53 Å². The summed E-state index contributed by atoms with van der Waals surface area (Å²) in [5, 5.41) is 6.75. The summed E-state index contributed by atoms with van der Waals surface area (Å²) in [6.07, 6.45) is 0. The van der Waals surface area contributed by atoms with Gasteiger partial charge in [-0.25, -0.2) is 4.79 Å². The van der Waals surface area contributed by atoms with Gasteiger partial charge in [-0.3, -0.25) is 5.10 Å². The van der Waals surface area contributed by atoms with Gasteiger partial charge in [-0.2, -0.15) is 5.10 Å². The molecular formula is C10H12N2O2. The summed E-state index contributed by atoms with van der Waals surface area (Å²) in [4.78, 5) is 10.9. The number of aryl methyl sites for hydroxylation is 2. The van der Waals surface area contributed by atoms with E-state index in [2.05, 4.69) is 26.8 Å². The van der Waals surface area contributed by atoms with Crippen molar-refractivity contribution >= 4 is 5.97 Å². The lowest BCUT2D eigenvalue weighted by molar-refractivity contribution is -0.136. The number of aromatic amines is 1. The summed E-state index contributed by atoms with van der Waals surface area (Å²) in [5.41, 5.74) is 2.41. The van der Waals surface area contributed by atoms with Crippen LogP contribution in [0.15, 0.2) is 0 Å². The number of nitrogens with one attached hydrogen (secondary N) is 1. The molecule has 0 aromatic carbocycles. The van der Waals surface area contributed by atoms with E-state index in [1.807, 2.05) is 13.8 Å². The Hall–Kier alpha value is -1.76. The molecule has 0 saturated heterocycles. The van der Waals surface area contributed by atoms with E-state index < -0.39 is 5.97 Å². The van der Waals surface area contributed by atoms with Crippen molar-refractivity contribution in [3.8, 4) is 11.8 Å². The fourth-order valence-corrected chi connectivity index (χ4v) is 1.02. The number of rotatable bonds is 1. The van der Waals surface area contributed by atoms with Crippen LogP contribution in [0.25, 0.3) is 0 Å². The van der Waals surface area contributed by atoms with Crippen LogP contribution in [0.3, 0.4) is 0 Å². The third-order valence-electron chi connectivity index (χ3n) is 1.69. The van der Waals surface area contributed by atoms with E-state index in [0.717, 1.165) is 17.0 Å². The third-order valence-corrected chi connectivity index (χ3v) is 1.69. The van der Waals surface area contributed by atoms with Crippen molar-refractivity contribution < 1.29 is 9.53 Å². The van der Waals surface area contributed by atoms with E-state index in [1.165, 1.54) is 0 Å². The normalized spacial score (nSPS) is 9.07. The maximum atomic E-state index is 10.9. The molecule has 0 fully saturated rings. The van der Waals surface area contributed by atoms with E-state index in [1.54, 1.807) is 6.92 Å². The summed E-state index contributed by atoms with van der Waals surface area (Å²) in [6, 6.07) is 0. The molecule has 4 nitrogen and oxygen atoms in total. The van der Waals surface area contributed by atoms with Crippen molar-refractivity contribution in [1.29, 1.82) is 0 Å². The molecule has 0 radical (unpaired) electrons. The second-order valence-electron chi connectivity index (χ2n) is 2.78. The van der Waals surface area contributed by atoms with Crippen LogP contribution in [-0.4, -0.2) is 22.8 Å². The second-order valence-corrected chi connectivity index (χ2v) is 2.78. The summed E-state index contributed by atoms with van der Waals surface area (Å²) < 4.78 is 4.68. The van der Waals surface area contributed by atoms with Crippen LogP contribution in [0.4, 0.5) is 0 Å². The van der Waals surface area contributed by atoms with E-state index in [-0.39, 0.29) is 0 Å². The van der Waals surface area contributed by atoms with Crippen LogP contribution in [0.5, 0.6) is 0 Å². The SMILES string of the molecule is CCOC(=O)C#Cc1c(C)n[nH]c1C. The smallest absolute Gasteiger partial charge is 0.384 e. The van der Waals surface area contributed by atoms with Gasteiger partial charge in [0.05, 0.1) is 17.9 Å². The van der Waals surface area contributed by atoms with Gasteiger partial charge >= 0.3 is 5.97 Å². The molecule has 0 spiro atoms. The molecule has 0 atom stereocenters. The molecule has 1 aromatic rings. The van der Waals surface area contributed by atoms with E-state index in [9.17, 15) is 4.79 Å². The number of H-pyrrole nitrogens is 1. The van der Waals surface area contributed by atoms with Crippen molar-refractivity contribution in [2.75, 3.05) is 6.61 Å². The minimum Gasteiger partial charge on any atom is -0.456 e. The highest BCUT2D eigenvalue weighted by Crippen LogP contribution is 2.06. The third kappa shape index (κ3) is 2.36. The van der Waals surface area contributed by atoms with Gasteiger partial charge in [-0.15, -0.1) is 0 Å². The molecule has 1 heterocycles. The van der Waals surface area contributed by atoms with E-state index in [4.69, 9.17) is 0 Å². The monoisotopic (exact) mass is 192 g/mol. The predicted octanol–water partition coefficient (Wildman–Crippen LogP) is 0.941. The average Bonchev–Trinajstić information content (AvgIpc) is 2.44. The van der Waals surface area contributed by atoms with E-state index >= 15 is 0 Å². The molecule has 4 heteroatoms. The number of carbonyl (C=O) groups is 1. The van der Waals surface area contributed by atoms with Crippen LogP contribution in [0.1, 0.15) is 23.9 Å². The minimum absolute atomic E-state index is 0.344. The fourth-order valence-electron chi connectivity index (χ4n) is 1.02. The lowest BCUT2D eigenvalue weighted by Crippen LogP contribution is -1.99. The summed E-state index contributed by atoms with van der Waals surface area (Å²) >= 11 is 0. The first-order chi connectivity index (χ1) is 6.65. The van der Waals surface area contributed by atoms with Gasteiger partial charge in [0, 0.05) is 11.6 Å². The van der Waals surface area contributed by atoms with Crippen LogP contribution in [0, 0.1) is 25.7 Å². The molecule has 74 valence electrons. The molecule has 1 aromatic heterocycles. The summed E-state index contributed by atoms with van der Waals surface area (Å²) in [6.45, 7) is 5.78. The molecule has 0 amide bonds. The Bertz CT molecular complexity index is 376. The van der Waals surface area contributed by atoms with Crippen molar-refractivity contribution in [3.63, 3.8) is 0 Å².